The van der Waals surface area contributed by atoms with Crippen LogP contribution in [0.4, 0.5) is 0 Å². The van der Waals surface area contributed by atoms with Gasteiger partial charge in [0.2, 0.25) is 0 Å². The van der Waals surface area contributed by atoms with Crippen LogP contribution in [-0.4, -0.2) is 39.0 Å². The molecule has 3 heteroatoms. The second kappa shape index (κ2) is 6.35. The van der Waals surface area contributed by atoms with Crippen molar-refractivity contribution in [2.45, 2.75) is 38.3 Å². The lowest BCUT2D eigenvalue weighted by Gasteiger charge is -2.14. The highest BCUT2D eigenvalue weighted by molar-refractivity contribution is 4.67. The molecule has 0 saturated carbocycles. The van der Waals surface area contributed by atoms with Gasteiger partial charge in [0, 0.05) is 19.8 Å². The van der Waals surface area contributed by atoms with Gasteiger partial charge in [0.05, 0.1) is 12.7 Å². The molecule has 0 aromatic carbocycles. The Balaban J connectivity index is 1.93. The molecule has 0 amide bonds. The molecular formula is C10H21NO2. The van der Waals surface area contributed by atoms with Crippen molar-refractivity contribution in [2.24, 2.45) is 0 Å². The summed E-state index contributed by atoms with van der Waals surface area (Å²) in [4.78, 5) is 0. The monoisotopic (exact) mass is 187 g/mol. The zero-order valence-electron chi connectivity index (χ0n) is 8.71. The Labute approximate surface area is 80.8 Å². The highest BCUT2D eigenvalue weighted by atomic mass is 16.5. The maximum atomic E-state index is 5.52. The highest BCUT2D eigenvalue weighted by Crippen LogP contribution is 2.14. The molecule has 0 spiro atoms. The van der Waals surface area contributed by atoms with Crippen molar-refractivity contribution in [1.82, 2.24) is 5.32 Å². The minimum Gasteiger partial charge on any atom is -0.383 e. The fourth-order valence-electron chi connectivity index (χ4n) is 1.67. The van der Waals surface area contributed by atoms with Crippen molar-refractivity contribution < 1.29 is 9.47 Å². The van der Waals surface area contributed by atoms with Crippen LogP contribution in [0.25, 0.3) is 0 Å². The molecule has 1 saturated heterocycles. The molecule has 1 rings (SSSR count). The van der Waals surface area contributed by atoms with Crippen molar-refractivity contribution >= 4 is 0 Å². The van der Waals surface area contributed by atoms with Gasteiger partial charge in [-0.1, -0.05) is 0 Å². The smallest absolute Gasteiger partial charge is 0.0613 e. The summed E-state index contributed by atoms with van der Waals surface area (Å²) in [5.74, 6) is 0. The van der Waals surface area contributed by atoms with Crippen LogP contribution < -0.4 is 5.32 Å². The summed E-state index contributed by atoms with van der Waals surface area (Å²) in [6, 6.07) is 0.450. The van der Waals surface area contributed by atoms with Gasteiger partial charge in [-0.25, -0.2) is 0 Å². The van der Waals surface area contributed by atoms with Gasteiger partial charge in [0.25, 0.3) is 0 Å². The Hall–Kier alpha value is -0.120. The molecule has 0 aromatic heterocycles. The molecule has 1 aliphatic heterocycles. The topological polar surface area (TPSA) is 30.5 Å². The van der Waals surface area contributed by atoms with Crippen molar-refractivity contribution in [3.05, 3.63) is 0 Å². The van der Waals surface area contributed by atoms with Crippen molar-refractivity contribution in [3.8, 4) is 0 Å². The summed E-state index contributed by atoms with van der Waals surface area (Å²) in [6.07, 6.45) is 4.11. The molecule has 0 bridgehead atoms. The van der Waals surface area contributed by atoms with Crippen LogP contribution in [-0.2, 0) is 9.47 Å². The molecule has 0 radical (unpaired) electrons. The molecular weight excluding hydrogens is 166 g/mol. The van der Waals surface area contributed by atoms with E-state index in [1.165, 1.54) is 12.8 Å². The van der Waals surface area contributed by atoms with E-state index in [0.717, 1.165) is 26.2 Å². The SMILES string of the molecule is COCC(C)NCCC1CCCO1. The number of ether oxygens (including phenoxy) is 2. The van der Waals surface area contributed by atoms with Crippen LogP contribution in [0.5, 0.6) is 0 Å². The normalized spacial score (nSPS) is 24.9. The molecule has 2 unspecified atom stereocenters. The van der Waals surface area contributed by atoms with Gasteiger partial charge in [-0.05, 0) is 32.7 Å². The van der Waals surface area contributed by atoms with E-state index in [9.17, 15) is 0 Å². The van der Waals surface area contributed by atoms with Crippen LogP contribution >= 0.6 is 0 Å². The maximum absolute atomic E-state index is 5.52. The summed E-state index contributed by atoms with van der Waals surface area (Å²) in [6.45, 7) is 4.91. The summed E-state index contributed by atoms with van der Waals surface area (Å²) in [5.41, 5.74) is 0. The zero-order valence-corrected chi connectivity index (χ0v) is 8.71. The van der Waals surface area contributed by atoms with E-state index in [0.29, 0.717) is 12.1 Å². The molecule has 1 heterocycles. The van der Waals surface area contributed by atoms with Crippen LogP contribution in [0.15, 0.2) is 0 Å². The van der Waals surface area contributed by atoms with E-state index < -0.39 is 0 Å². The number of methoxy groups -OCH3 is 1. The first kappa shape index (κ1) is 11.0. The van der Waals surface area contributed by atoms with Gasteiger partial charge >= 0.3 is 0 Å². The van der Waals surface area contributed by atoms with Crippen LogP contribution in [0.3, 0.4) is 0 Å². The quantitative estimate of drug-likeness (QED) is 0.677. The third kappa shape index (κ3) is 4.60. The molecule has 3 nitrogen and oxygen atoms in total. The predicted octanol–water partition coefficient (Wildman–Crippen LogP) is 1.18. The van der Waals surface area contributed by atoms with Gasteiger partial charge in [-0.15, -0.1) is 0 Å². The van der Waals surface area contributed by atoms with E-state index >= 15 is 0 Å². The second-order valence-corrected chi connectivity index (χ2v) is 3.73. The maximum Gasteiger partial charge on any atom is 0.0613 e. The Kier molecular flexibility index (Phi) is 5.35. The van der Waals surface area contributed by atoms with Gasteiger partial charge in [-0.2, -0.15) is 0 Å². The Morgan fingerprint density at radius 2 is 2.46 bits per heavy atom. The average molecular weight is 187 g/mol. The molecule has 0 aliphatic carbocycles. The summed E-state index contributed by atoms with van der Waals surface area (Å²) < 4.78 is 10.6. The highest BCUT2D eigenvalue weighted by Gasteiger charge is 2.14. The minimum absolute atomic E-state index is 0.450. The van der Waals surface area contributed by atoms with E-state index in [1.807, 2.05) is 0 Å². The van der Waals surface area contributed by atoms with Gasteiger partial charge in [-0.3, -0.25) is 0 Å². The van der Waals surface area contributed by atoms with E-state index in [4.69, 9.17) is 9.47 Å². The fourth-order valence-corrected chi connectivity index (χ4v) is 1.67. The summed E-state index contributed by atoms with van der Waals surface area (Å²) in [7, 11) is 1.73. The number of rotatable bonds is 6. The van der Waals surface area contributed by atoms with E-state index in [-0.39, 0.29) is 0 Å². The van der Waals surface area contributed by atoms with Gasteiger partial charge in [0.15, 0.2) is 0 Å². The largest absolute Gasteiger partial charge is 0.383 e. The molecule has 13 heavy (non-hydrogen) atoms. The third-order valence-electron chi connectivity index (χ3n) is 2.40. The molecule has 2 atom stereocenters. The first-order valence-corrected chi connectivity index (χ1v) is 5.17. The lowest BCUT2D eigenvalue weighted by Crippen LogP contribution is -2.32. The van der Waals surface area contributed by atoms with Gasteiger partial charge in [0.1, 0.15) is 0 Å². The Bertz CT molecular complexity index is 124. The molecule has 1 N–H and O–H groups in total. The lowest BCUT2D eigenvalue weighted by atomic mass is 10.2. The summed E-state index contributed by atoms with van der Waals surface area (Å²) >= 11 is 0. The van der Waals surface area contributed by atoms with Crippen molar-refractivity contribution in [2.75, 3.05) is 26.9 Å². The molecule has 1 fully saturated rings. The van der Waals surface area contributed by atoms with Crippen molar-refractivity contribution in [1.29, 1.82) is 0 Å². The average Bonchev–Trinajstić information content (AvgIpc) is 2.57. The van der Waals surface area contributed by atoms with Crippen LogP contribution in [0.1, 0.15) is 26.2 Å². The molecule has 78 valence electrons. The minimum atomic E-state index is 0.450. The van der Waals surface area contributed by atoms with Gasteiger partial charge < -0.3 is 14.8 Å². The number of nitrogens with one attached hydrogen (secondary N) is 1. The fraction of sp³-hybridized carbons (Fsp3) is 1.00. The second-order valence-electron chi connectivity index (χ2n) is 3.73. The first-order chi connectivity index (χ1) is 6.33. The predicted molar refractivity (Wildman–Crippen MR) is 52.9 cm³/mol. The van der Waals surface area contributed by atoms with Crippen LogP contribution in [0.2, 0.25) is 0 Å². The Morgan fingerprint density at radius 1 is 1.62 bits per heavy atom. The third-order valence-corrected chi connectivity index (χ3v) is 2.40. The Morgan fingerprint density at radius 3 is 3.08 bits per heavy atom. The summed E-state index contributed by atoms with van der Waals surface area (Å²) in [5, 5.41) is 3.41. The first-order valence-electron chi connectivity index (χ1n) is 5.17. The molecule has 0 aromatic rings. The van der Waals surface area contributed by atoms with E-state index in [1.54, 1.807) is 7.11 Å². The van der Waals surface area contributed by atoms with E-state index in [2.05, 4.69) is 12.2 Å². The molecule has 1 aliphatic rings. The van der Waals surface area contributed by atoms with Crippen molar-refractivity contribution in [3.63, 3.8) is 0 Å². The van der Waals surface area contributed by atoms with Crippen LogP contribution in [0, 0.1) is 0 Å². The number of hydrogen-bond acceptors (Lipinski definition) is 3. The number of hydrogen-bond donors (Lipinski definition) is 1. The standard InChI is InChI=1S/C10H21NO2/c1-9(8-12-2)11-6-5-10-4-3-7-13-10/h9-11H,3-8H2,1-2H3. The lowest BCUT2D eigenvalue weighted by molar-refractivity contribution is 0.101. The zero-order chi connectivity index (χ0) is 9.52.